The molecule has 1 fully saturated rings. The van der Waals surface area contributed by atoms with Crippen molar-refractivity contribution in [2.24, 2.45) is 0 Å². The number of methoxy groups -OCH3 is 1. The molecule has 4 heterocycles. The lowest BCUT2D eigenvalue weighted by atomic mass is 10.1. The fourth-order valence-corrected chi connectivity index (χ4v) is 5.99. The number of rotatable bonds is 7. The number of morpholine rings is 1. The molecular formula is C25H25N3O4S2. The van der Waals surface area contributed by atoms with Gasteiger partial charge in [0.1, 0.15) is 16.4 Å². The Labute approximate surface area is 205 Å². The van der Waals surface area contributed by atoms with E-state index in [9.17, 15) is 9.59 Å². The first-order chi connectivity index (χ1) is 16.5. The van der Waals surface area contributed by atoms with Gasteiger partial charge in [-0.3, -0.25) is 19.1 Å². The van der Waals surface area contributed by atoms with E-state index in [2.05, 4.69) is 4.90 Å². The molecule has 4 aromatic rings. The number of nitrogens with zero attached hydrogens (tertiary/aromatic N) is 3. The molecule has 5 rings (SSSR count). The SMILES string of the molecule is COc1ccc(C(C)=O)cc1Cn1c(CN2CCOCC2)nc2scc(-c3cccs3)c2c1=O. The van der Waals surface area contributed by atoms with E-state index in [1.165, 1.54) is 18.3 Å². The first kappa shape index (κ1) is 22.9. The standard InChI is InChI=1S/C25H25N3O4S2/c1-16(29)17-5-6-20(31-2)18(12-17)13-28-22(14-27-7-9-32-10-8-27)26-24-23(25(28)30)19(15-34-24)21-4-3-11-33-21/h3-6,11-12,15H,7-10,13-14H2,1-2H3. The van der Waals surface area contributed by atoms with Crippen molar-refractivity contribution in [3.8, 4) is 16.2 Å². The molecular weight excluding hydrogens is 470 g/mol. The Balaban J connectivity index is 1.66. The number of hydrogen-bond donors (Lipinski definition) is 0. The lowest BCUT2D eigenvalue weighted by Gasteiger charge is -2.27. The minimum absolute atomic E-state index is 0.0313. The third-order valence-corrected chi connectivity index (χ3v) is 7.82. The summed E-state index contributed by atoms with van der Waals surface area (Å²) in [6, 6.07) is 9.35. The Morgan fingerprint density at radius 1 is 1.18 bits per heavy atom. The van der Waals surface area contributed by atoms with Crippen LogP contribution in [0.1, 0.15) is 28.7 Å². The summed E-state index contributed by atoms with van der Waals surface area (Å²) in [7, 11) is 1.60. The van der Waals surface area contributed by atoms with Crippen molar-refractivity contribution in [2.75, 3.05) is 33.4 Å². The maximum Gasteiger partial charge on any atom is 0.263 e. The van der Waals surface area contributed by atoms with Gasteiger partial charge in [0.2, 0.25) is 0 Å². The monoisotopic (exact) mass is 495 g/mol. The van der Waals surface area contributed by atoms with Gasteiger partial charge >= 0.3 is 0 Å². The van der Waals surface area contributed by atoms with E-state index >= 15 is 0 Å². The van der Waals surface area contributed by atoms with Crippen LogP contribution in [0.15, 0.2) is 45.9 Å². The minimum atomic E-state index is -0.0757. The molecule has 3 aromatic heterocycles. The molecule has 0 radical (unpaired) electrons. The summed E-state index contributed by atoms with van der Waals surface area (Å²) in [6.45, 7) is 5.28. The number of benzene rings is 1. The van der Waals surface area contributed by atoms with Crippen LogP contribution in [-0.2, 0) is 17.8 Å². The number of ketones is 1. The second-order valence-corrected chi connectivity index (χ2v) is 10.0. The van der Waals surface area contributed by atoms with Gasteiger partial charge in [-0.15, -0.1) is 22.7 Å². The molecule has 176 valence electrons. The smallest absolute Gasteiger partial charge is 0.263 e. The van der Waals surface area contributed by atoms with E-state index in [0.29, 0.717) is 42.3 Å². The second kappa shape index (κ2) is 9.79. The van der Waals surface area contributed by atoms with Gasteiger partial charge in [0, 0.05) is 40.0 Å². The Hall–Kier alpha value is -2.85. The molecule has 0 atom stereocenters. The highest BCUT2D eigenvalue weighted by Crippen LogP contribution is 2.34. The second-order valence-electron chi connectivity index (χ2n) is 8.20. The first-order valence-electron chi connectivity index (χ1n) is 11.1. The van der Waals surface area contributed by atoms with Crippen LogP contribution >= 0.6 is 22.7 Å². The van der Waals surface area contributed by atoms with Gasteiger partial charge in [-0.1, -0.05) is 6.07 Å². The molecule has 1 aromatic carbocycles. The van der Waals surface area contributed by atoms with Gasteiger partial charge in [0.25, 0.3) is 5.56 Å². The fraction of sp³-hybridized carbons (Fsp3) is 0.320. The normalized spacial score (nSPS) is 14.5. The molecule has 1 saturated heterocycles. The lowest BCUT2D eigenvalue weighted by Crippen LogP contribution is -2.38. The Kier molecular flexibility index (Phi) is 6.60. The number of carbonyl (C=O) groups excluding carboxylic acids is 1. The number of carbonyl (C=O) groups is 1. The Morgan fingerprint density at radius 3 is 2.71 bits per heavy atom. The van der Waals surface area contributed by atoms with Crippen molar-refractivity contribution >= 4 is 38.7 Å². The van der Waals surface area contributed by atoms with Crippen LogP contribution < -0.4 is 10.3 Å². The number of thiophene rings is 2. The van der Waals surface area contributed by atoms with Crippen molar-refractivity contribution in [2.45, 2.75) is 20.0 Å². The van der Waals surface area contributed by atoms with E-state index in [0.717, 1.165) is 33.9 Å². The van der Waals surface area contributed by atoms with Crippen LogP contribution in [0.5, 0.6) is 5.75 Å². The molecule has 1 aliphatic rings. The molecule has 0 unspecified atom stereocenters. The van der Waals surface area contributed by atoms with Crippen LogP contribution in [-0.4, -0.2) is 53.6 Å². The molecule has 0 N–H and O–H groups in total. The maximum absolute atomic E-state index is 14.0. The van der Waals surface area contributed by atoms with Gasteiger partial charge in [0.15, 0.2) is 5.78 Å². The van der Waals surface area contributed by atoms with Crippen molar-refractivity contribution in [3.63, 3.8) is 0 Å². The summed E-state index contributed by atoms with van der Waals surface area (Å²) in [5.41, 5.74) is 2.20. The number of ether oxygens (including phenoxy) is 2. The van der Waals surface area contributed by atoms with Gasteiger partial charge in [0.05, 0.1) is 38.8 Å². The predicted octanol–water partition coefficient (Wildman–Crippen LogP) is 4.28. The Morgan fingerprint density at radius 2 is 2.00 bits per heavy atom. The zero-order valence-corrected chi connectivity index (χ0v) is 20.7. The topological polar surface area (TPSA) is 73.7 Å². The van der Waals surface area contributed by atoms with E-state index in [4.69, 9.17) is 14.5 Å². The summed E-state index contributed by atoms with van der Waals surface area (Å²) >= 11 is 3.11. The molecule has 7 nitrogen and oxygen atoms in total. The largest absolute Gasteiger partial charge is 0.496 e. The molecule has 0 amide bonds. The molecule has 0 spiro atoms. The van der Waals surface area contributed by atoms with Crippen LogP contribution in [0.25, 0.3) is 20.7 Å². The van der Waals surface area contributed by atoms with Crippen molar-refractivity contribution in [1.82, 2.24) is 14.5 Å². The van der Waals surface area contributed by atoms with Crippen molar-refractivity contribution < 1.29 is 14.3 Å². The van der Waals surface area contributed by atoms with E-state index in [1.54, 1.807) is 35.1 Å². The van der Waals surface area contributed by atoms with Crippen molar-refractivity contribution in [1.29, 1.82) is 0 Å². The highest BCUT2D eigenvalue weighted by atomic mass is 32.1. The number of Topliss-reactive ketones (excluding diaryl/α,β-unsaturated/α-hetero) is 1. The first-order valence-corrected chi connectivity index (χ1v) is 12.8. The van der Waals surface area contributed by atoms with Crippen molar-refractivity contribution in [3.05, 3.63) is 68.4 Å². The molecule has 9 heteroatoms. The molecule has 1 aliphatic heterocycles. The third kappa shape index (κ3) is 4.44. The molecule has 0 aliphatic carbocycles. The van der Waals surface area contributed by atoms with Gasteiger partial charge in [-0.2, -0.15) is 0 Å². The number of fused-ring (bicyclic) bond motifs is 1. The maximum atomic E-state index is 14.0. The summed E-state index contributed by atoms with van der Waals surface area (Å²) < 4.78 is 12.8. The van der Waals surface area contributed by atoms with E-state index in [-0.39, 0.29) is 17.9 Å². The average Bonchev–Trinajstić information content (AvgIpc) is 3.52. The lowest BCUT2D eigenvalue weighted by molar-refractivity contribution is 0.0325. The fourth-order valence-electron chi connectivity index (χ4n) is 4.21. The number of hydrogen-bond acceptors (Lipinski definition) is 8. The molecule has 34 heavy (non-hydrogen) atoms. The van der Waals surface area contributed by atoms with Gasteiger partial charge in [-0.05, 0) is 36.6 Å². The molecule has 0 saturated carbocycles. The summed E-state index contributed by atoms with van der Waals surface area (Å²) in [6.07, 6.45) is 0. The van der Waals surface area contributed by atoms with Crippen LogP contribution in [0.4, 0.5) is 0 Å². The van der Waals surface area contributed by atoms with E-state index < -0.39 is 0 Å². The molecule has 0 bridgehead atoms. The summed E-state index contributed by atoms with van der Waals surface area (Å²) in [5.74, 6) is 1.31. The summed E-state index contributed by atoms with van der Waals surface area (Å²) in [5, 5.41) is 4.67. The van der Waals surface area contributed by atoms with Gasteiger partial charge in [-0.25, -0.2) is 4.98 Å². The zero-order valence-electron chi connectivity index (χ0n) is 19.1. The average molecular weight is 496 g/mol. The van der Waals surface area contributed by atoms with Crippen LogP contribution in [0.2, 0.25) is 0 Å². The quantitative estimate of drug-likeness (QED) is 0.357. The van der Waals surface area contributed by atoms with Crippen LogP contribution in [0, 0.1) is 0 Å². The zero-order chi connectivity index (χ0) is 23.7. The van der Waals surface area contributed by atoms with E-state index in [1.807, 2.05) is 29.0 Å². The number of aromatic nitrogens is 2. The predicted molar refractivity (Wildman–Crippen MR) is 135 cm³/mol. The Bertz CT molecular complexity index is 1390. The summed E-state index contributed by atoms with van der Waals surface area (Å²) in [4.78, 5) is 35.0. The van der Waals surface area contributed by atoms with Gasteiger partial charge < -0.3 is 9.47 Å². The highest BCUT2D eigenvalue weighted by Gasteiger charge is 2.21. The van der Waals surface area contributed by atoms with Crippen LogP contribution in [0.3, 0.4) is 0 Å². The minimum Gasteiger partial charge on any atom is -0.496 e. The third-order valence-electron chi connectivity index (χ3n) is 6.04. The highest BCUT2D eigenvalue weighted by molar-refractivity contribution is 7.18.